The van der Waals surface area contributed by atoms with Crippen molar-refractivity contribution >= 4 is 17.7 Å². The van der Waals surface area contributed by atoms with Crippen molar-refractivity contribution in [2.24, 2.45) is 29.6 Å². The van der Waals surface area contributed by atoms with Gasteiger partial charge in [0, 0.05) is 31.5 Å². The lowest BCUT2D eigenvalue weighted by atomic mass is 9.77. The van der Waals surface area contributed by atoms with Crippen molar-refractivity contribution in [2.75, 3.05) is 19.6 Å². The predicted molar refractivity (Wildman–Crippen MR) is 90.2 cm³/mol. The fourth-order valence-electron chi connectivity index (χ4n) is 5.88. The molecule has 2 aliphatic heterocycles. The number of carbonyl (C=O) groups is 3. The third-order valence-electron chi connectivity index (χ3n) is 7.31. The minimum atomic E-state index is -0.656. The highest BCUT2D eigenvalue weighted by molar-refractivity contribution is 5.98. The van der Waals surface area contributed by atoms with Crippen LogP contribution in [0, 0.1) is 29.6 Å². The molecule has 2 N–H and O–H groups in total. The summed E-state index contributed by atoms with van der Waals surface area (Å²) in [6.45, 7) is 2.01. The number of likely N-dealkylation sites (tertiary alicyclic amines) is 1. The second-order valence-electron chi connectivity index (χ2n) is 8.99. The van der Waals surface area contributed by atoms with E-state index in [1.54, 1.807) is 0 Å². The third-order valence-corrected chi connectivity index (χ3v) is 7.31. The van der Waals surface area contributed by atoms with E-state index >= 15 is 0 Å². The lowest BCUT2D eigenvalue weighted by Crippen LogP contribution is -2.59. The van der Waals surface area contributed by atoms with E-state index in [1.165, 1.54) is 12.8 Å². The Balaban J connectivity index is 1.27. The molecule has 0 radical (unpaired) electrons. The summed E-state index contributed by atoms with van der Waals surface area (Å²) in [5.74, 6) is 1.57. The zero-order valence-corrected chi connectivity index (χ0v) is 14.6. The molecule has 6 nitrogen and oxygen atoms in total. The van der Waals surface area contributed by atoms with Gasteiger partial charge in [0.1, 0.15) is 5.54 Å². The van der Waals surface area contributed by atoms with Crippen LogP contribution >= 0.6 is 0 Å². The largest absolute Gasteiger partial charge is 0.356 e. The number of hydrogen-bond donors (Lipinski definition) is 2. The standard InChI is InChI=1S/C19H27N3O3/c23-16(20-9-11-3-4-11)13-2-1-5-22(10-13)18(25)19-8-12-6-14(15(19)7-12)17(24)21-19/h11-15H,1-10H2,(H,20,23)(H,21,24). The molecule has 3 aliphatic carbocycles. The molecule has 5 rings (SSSR count). The van der Waals surface area contributed by atoms with Crippen LogP contribution in [0.15, 0.2) is 0 Å². The molecule has 2 heterocycles. The van der Waals surface area contributed by atoms with Crippen LogP contribution in [0.5, 0.6) is 0 Å². The molecule has 5 aliphatic rings. The topological polar surface area (TPSA) is 78.5 Å². The van der Waals surface area contributed by atoms with Gasteiger partial charge in [-0.3, -0.25) is 14.4 Å². The Bertz CT molecular complexity index is 631. The summed E-state index contributed by atoms with van der Waals surface area (Å²) in [5.41, 5.74) is -0.656. The van der Waals surface area contributed by atoms with Crippen LogP contribution in [0.3, 0.4) is 0 Å². The molecule has 5 fully saturated rings. The van der Waals surface area contributed by atoms with Crippen molar-refractivity contribution in [1.29, 1.82) is 0 Å². The zero-order chi connectivity index (χ0) is 17.2. The lowest BCUT2D eigenvalue weighted by molar-refractivity contribution is -0.143. The lowest BCUT2D eigenvalue weighted by Gasteiger charge is -2.39. The molecule has 5 atom stereocenters. The minimum absolute atomic E-state index is 0.0464. The molecule has 6 heteroatoms. The number of hydrogen-bond acceptors (Lipinski definition) is 3. The summed E-state index contributed by atoms with van der Waals surface area (Å²) in [4.78, 5) is 39.9. The summed E-state index contributed by atoms with van der Waals surface area (Å²) in [5, 5.41) is 6.14. The monoisotopic (exact) mass is 345 g/mol. The fourth-order valence-corrected chi connectivity index (χ4v) is 5.88. The van der Waals surface area contributed by atoms with Gasteiger partial charge in [-0.1, -0.05) is 0 Å². The van der Waals surface area contributed by atoms with Crippen molar-refractivity contribution in [3.63, 3.8) is 0 Å². The zero-order valence-electron chi connectivity index (χ0n) is 14.6. The molecule has 0 spiro atoms. The molecular weight excluding hydrogens is 318 g/mol. The number of piperidine rings is 1. The van der Waals surface area contributed by atoms with Gasteiger partial charge in [0.2, 0.25) is 17.7 Å². The van der Waals surface area contributed by atoms with Crippen LogP contribution in [0.1, 0.15) is 44.9 Å². The van der Waals surface area contributed by atoms with E-state index in [9.17, 15) is 14.4 Å². The Morgan fingerprint density at radius 1 is 1.24 bits per heavy atom. The van der Waals surface area contributed by atoms with Crippen LogP contribution in [-0.4, -0.2) is 47.8 Å². The van der Waals surface area contributed by atoms with Crippen LogP contribution in [-0.2, 0) is 14.4 Å². The normalized spacial score (nSPS) is 41.8. The Kier molecular flexibility index (Phi) is 3.41. The van der Waals surface area contributed by atoms with E-state index in [1.807, 2.05) is 4.90 Å². The highest BCUT2D eigenvalue weighted by Crippen LogP contribution is 2.58. The molecule has 25 heavy (non-hydrogen) atoms. The fraction of sp³-hybridized carbons (Fsp3) is 0.842. The molecule has 5 unspecified atom stereocenters. The van der Waals surface area contributed by atoms with Crippen molar-refractivity contribution in [1.82, 2.24) is 15.5 Å². The van der Waals surface area contributed by atoms with Crippen molar-refractivity contribution in [3.05, 3.63) is 0 Å². The quantitative estimate of drug-likeness (QED) is 0.786. The number of rotatable bonds is 4. The van der Waals surface area contributed by atoms with Gasteiger partial charge in [0.05, 0.1) is 5.92 Å². The number of nitrogens with zero attached hydrogens (tertiary/aromatic N) is 1. The highest BCUT2D eigenvalue weighted by Gasteiger charge is 2.67. The molecule has 0 aromatic heterocycles. The number of amides is 3. The van der Waals surface area contributed by atoms with E-state index in [4.69, 9.17) is 0 Å². The summed E-state index contributed by atoms with van der Waals surface area (Å²) in [6, 6.07) is 0. The smallest absolute Gasteiger partial charge is 0.248 e. The first-order chi connectivity index (χ1) is 12.1. The first kappa shape index (κ1) is 15.6. The number of fused-ring (bicyclic) bond motifs is 1. The molecule has 3 amide bonds. The van der Waals surface area contributed by atoms with Crippen LogP contribution in [0.25, 0.3) is 0 Å². The highest BCUT2D eigenvalue weighted by atomic mass is 16.2. The van der Waals surface area contributed by atoms with E-state index in [0.29, 0.717) is 24.9 Å². The molecular formula is C19H27N3O3. The first-order valence-corrected chi connectivity index (χ1v) is 9.96. The minimum Gasteiger partial charge on any atom is -0.356 e. The summed E-state index contributed by atoms with van der Waals surface area (Å²) >= 11 is 0. The van der Waals surface area contributed by atoms with Gasteiger partial charge >= 0.3 is 0 Å². The second kappa shape index (κ2) is 5.45. The van der Waals surface area contributed by atoms with Crippen LogP contribution in [0.4, 0.5) is 0 Å². The van der Waals surface area contributed by atoms with Gasteiger partial charge in [0.15, 0.2) is 0 Å². The van der Waals surface area contributed by atoms with Gasteiger partial charge in [-0.15, -0.1) is 0 Å². The molecule has 136 valence electrons. The summed E-state index contributed by atoms with van der Waals surface area (Å²) in [6.07, 6.45) is 6.94. The van der Waals surface area contributed by atoms with Gasteiger partial charge in [-0.2, -0.15) is 0 Å². The maximum atomic E-state index is 13.3. The summed E-state index contributed by atoms with van der Waals surface area (Å²) in [7, 11) is 0. The van der Waals surface area contributed by atoms with Crippen molar-refractivity contribution in [3.8, 4) is 0 Å². The van der Waals surface area contributed by atoms with Crippen molar-refractivity contribution < 1.29 is 14.4 Å². The molecule has 3 saturated carbocycles. The van der Waals surface area contributed by atoms with Gasteiger partial charge in [-0.25, -0.2) is 0 Å². The van der Waals surface area contributed by atoms with E-state index in [2.05, 4.69) is 10.6 Å². The van der Waals surface area contributed by atoms with Crippen molar-refractivity contribution in [2.45, 2.75) is 50.5 Å². The Labute approximate surface area is 148 Å². The molecule has 0 aromatic carbocycles. The Hall–Kier alpha value is -1.59. The second-order valence-corrected chi connectivity index (χ2v) is 8.99. The van der Waals surface area contributed by atoms with Gasteiger partial charge in [-0.05, 0) is 56.8 Å². The summed E-state index contributed by atoms with van der Waals surface area (Å²) < 4.78 is 0. The van der Waals surface area contributed by atoms with E-state index in [-0.39, 0.29) is 35.5 Å². The van der Waals surface area contributed by atoms with E-state index in [0.717, 1.165) is 38.6 Å². The van der Waals surface area contributed by atoms with Gasteiger partial charge in [0.25, 0.3) is 0 Å². The Morgan fingerprint density at radius 3 is 2.84 bits per heavy atom. The maximum absolute atomic E-state index is 13.3. The number of carbonyl (C=O) groups excluding carboxylic acids is 3. The average molecular weight is 345 g/mol. The van der Waals surface area contributed by atoms with Gasteiger partial charge < -0.3 is 15.5 Å². The molecule has 2 bridgehead atoms. The SMILES string of the molecule is O=C(NCC1CC1)C1CCCN(C(=O)C23CC4CC(C(=O)N2)C3C4)C1. The van der Waals surface area contributed by atoms with Crippen LogP contribution < -0.4 is 10.6 Å². The number of nitrogens with one attached hydrogen (secondary N) is 2. The van der Waals surface area contributed by atoms with Crippen LogP contribution in [0.2, 0.25) is 0 Å². The Morgan fingerprint density at radius 2 is 2.08 bits per heavy atom. The molecule has 0 aromatic rings. The predicted octanol–water partition coefficient (Wildman–Crippen LogP) is 0.666. The maximum Gasteiger partial charge on any atom is 0.248 e. The first-order valence-electron chi connectivity index (χ1n) is 9.96. The van der Waals surface area contributed by atoms with E-state index < -0.39 is 5.54 Å². The average Bonchev–Trinajstić information content (AvgIpc) is 3.22. The third kappa shape index (κ3) is 2.40. The molecule has 2 saturated heterocycles.